The van der Waals surface area contributed by atoms with E-state index in [0.717, 1.165) is 34.2 Å². The molecule has 5 rings (SSSR count). The van der Waals surface area contributed by atoms with Gasteiger partial charge in [0.05, 0.1) is 23.7 Å². The first-order chi connectivity index (χ1) is 18.3. The molecule has 2 amide bonds. The monoisotopic (exact) mass is 510 g/mol. The second kappa shape index (κ2) is 10.1. The number of nitrogens with zero attached hydrogens (tertiary/aromatic N) is 4. The molecule has 3 N–H and O–H groups in total. The molecule has 3 heterocycles. The van der Waals surface area contributed by atoms with E-state index in [4.69, 9.17) is 10.5 Å². The molecule has 0 spiro atoms. The fourth-order valence-corrected chi connectivity index (χ4v) is 4.82. The number of likely N-dealkylation sites (N-methyl/N-ethyl adjacent to an activating group) is 1. The average molecular weight is 511 g/mol. The van der Waals surface area contributed by atoms with Crippen molar-refractivity contribution >= 4 is 34.4 Å². The standard InChI is InChI=1S/C29H30N6O3/c1-17(2)28(36)33-21-11-9-19(10-12-21)25-23(24-26(30)31-16-32-27(24)35(25)4)18-5-7-20(8-6-18)29(37)34(3)22-13-14-38-15-22/h5-12,16,22H,1,13-15H2,2-4H3,(H,33,36)(H2,30,31,32). The summed E-state index contributed by atoms with van der Waals surface area (Å²) in [6.07, 6.45) is 2.29. The fraction of sp³-hybridized carbons (Fsp3) is 0.241. The molecule has 0 bridgehead atoms. The molecule has 38 heavy (non-hydrogen) atoms. The molecule has 1 unspecified atom stereocenters. The number of hydrogen-bond acceptors (Lipinski definition) is 6. The highest BCUT2D eigenvalue weighted by molar-refractivity contribution is 6.08. The Bertz CT molecular complexity index is 1530. The summed E-state index contributed by atoms with van der Waals surface area (Å²) in [7, 11) is 3.75. The van der Waals surface area contributed by atoms with Gasteiger partial charge in [0.25, 0.3) is 11.8 Å². The number of nitrogens with one attached hydrogen (secondary N) is 1. The van der Waals surface area contributed by atoms with Gasteiger partial charge in [-0.15, -0.1) is 0 Å². The summed E-state index contributed by atoms with van der Waals surface area (Å²) in [5, 5.41) is 3.57. The number of ether oxygens (including phenoxy) is 1. The van der Waals surface area contributed by atoms with Gasteiger partial charge in [-0.3, -0.25) is 9.59 Å². The Morgan fingerprint density at radius 3 is 2.42 bits per heavy atom. The SMILES string of the molecule is C=C(C)C(=O)Nc1ccc(-c2c(-c3ccc(C(=O)N(C)C4CCOC4)cc3)c3c(N)ncnc3n2C)cc1. The molecule has 9 nitrogen and oxygen atoms in total. The van der Waals surface area contributed by atoms with Crippen LogP contribution in [0.15, 0.2) is 67.0 Å². The number of aromatic nitrogens is 3. The van der Waals surface area contributed by atoms with Crippen LogP contribution in [0.3, 0.4) is 0 Å². The summed E-state index contributed by atoms with van der Waals surface area (Å²) < 4.78 is 7.43. The van der Waals surface area contributed by atoms with Crippen molar-refractivity contribution in [3.8, 4) is 22.4 Å². The largest absolute Gasteiger partial charge is 0.383 e. The van der Waals surface area contributed by atoms with Gasteiger partial charge in [0.15, 0.2) is 0 Å². The smallest absolute Gasteiger partial charge is 0.253 e. The number of anilines is 2. The van der Waals surface area contributed by atoms with Crippen molar-refractivity contribution in [2.75, 3.05) is 31.3 Å². The second-order valence-electron chi connectivity index (χ2n) is 9.56. The predicted molar refractivity (Wildman–Crippen MR) is 149 cm³/mol. The van der Waals surface area contributed by atoms with Crippen molar-refractivity contribution in [1.29, 1.82) is 0 Å². The topological polar surface area (TPSA) is 115 Å². The molecule has 0 radical (unpaired) electrons. The molecule has 1 aliphatic heterocycles. The van der Waals surface area contributed by atoms with Crippen LogP contribution in [-0.2, 0) is 16.6 Å². The van der Waals surface area contributed by atoms with E-state index in [1.807, 2.05) is 67.2 Å². The Kier molecular flexibility index (Phi) is 6.69. The molecule has 1 aliphatic rings. The van der Waals surface area contributed by atoms with Crippen LogP contribution in [0.2, 0.25) is 0 Å². The number of benzene rings is 2. The molecule has 2 aromatic carbocycles. The Morgan fingerprint density at radius 2 is 1.79 bits per heavy atom. The lowest BCUT2D eigenvalue weighted by atomic mass is 9.97. The number of carbonyl (C=O) groups is 2. The van der Waals surface area contributed by atoms with E-state index >= 15 is 0 Å². The number of nitrogens with two attached hydrogens (primary N) is 1. The maximum absolute atomic E-state index is 13.1. The highest BCUT2D eigenvalue weighted by Gasteiger charge is 2.26. The second-order valence-corrected chi connectivity index (χ2v) is 9.56. The highest BCUT2D eigenvalue weighted by Crippen LogP contribution is 2.41. The summed E-state index contributed by atoms with van der Waals surface area (Å²) in [5.41, 5.74) is 12.3. The molecule has 1 atom stereocenters. The van der Waals surface area contributed by atoms with Crippen LogP contribution in [0.5, 0.6) is 0 Å². The first-order valence-electron chi connectivity index (χ1n) is 12.4. The molecule has 0 saturated carbocycles. The number of aryl methyl sites for hydroxylation is 1. The van der Waals surface area contributed by atoms with Crippen LogP contribution < -0.4 is 11.1 Å². The maximum atomic E-state index is 13.1. The molecular weight excluding hydrogens is 480 g/mol. The van der Waals surface area contributed by atoms with E-state index in [9.17, 15) is 9.59 Å². The zero-order chi connectivity index (χ0) is 27.0. The Hall–Kier alpha value is -4.50. The van der Waals surface area contributed by atoms with Gasteiger partial charge < -0.3 is 25.3 Å². The van der Waals surface area contributed by atoms with E-state index in [0.29, 0.717) is 41.5 Å². The van der Waals surface area contributed by atoms with E-state index in [1.165, 1.54) is 6.33 Å². The van der Waals surface area contributed by atoms with Crippen molar-refractivity contribution < 1.29 is 14.3 Å². The average Bonchev–Trinajstić information content (AvgIpc) is 3.56. The summed E-state index contributed by atoms with van der Waals surface area (Å²) in [6, 6.07) is 15.2. The van der Waals surface area contributed by atoms with Crippen molar-refractivity contribution in [2.24, 2.45) is 7.05 Å². The van der Waals surface area contributed by atoms with Gasteiger partial charge in [0, 0.05) is 43.1 Å². The van der Waals surface area contributed by atoms with Gasteiger partial charge in [-0.05, 0) is 48.7 Å². The van der Waals surface area contributed by atoms with Crippen LogP contribution in [0.25, 0.3) is 33.4 Å². The number of amides is 2. The minimum absolute atomic E-state index is 0.0413. The quantitative estimate of drug-likeness (QED) is 0.375. The predicted octanol–water partition coefficient (Wildman–Crippen LogP) is 4.26. The van der Waals surface area contributed by atoms with Crippen molar-refractivity contribution in [1.82, 2.24) is 19.4 Å². The van der Waals surface area contributed by atoms with Crippen molar-refractivity contribution in [2.45, 2.75) is 19.4 Å². The summed E-state index contributed by atoms with van der Waals surface area (Å²) in [5.74, 6) is 0.102. The van der Waals surface area contributed by atoms with Crippen LogP contribution >= 0.6 is 0 Å². The molecule has 1 fully saturated rings. The van der Waals surface area contributed by atoms with E-state index in [-0.39, 0.29) is 17.9 Å². The fourth-order valence-electron chi connectivity index (χ4n) is 4.82. The maximum Gasteiger partial charge on any atom is 0.253 e. The Balaban J connectivity index is 1.56. The zero-order valence-electron chi connectivity index (χ0n) is 21.7. The van der Waals surface area contributed by atoms with Crippen molar-refractivity contribution in [3.05, 3.63) is 72.6 Å². The molecule has 1 saturated heterocycles. The number of rotatable bonds is 6. The summed E-state index contributed by atoms with van der Waals surface area (Å²) >= 11 is 0. The third kappa shape index (κ3) is 4.52. The van der Waals surface area contributed by atoms with Gasteiger partial charge in [-0.2, -0.15) is 0 Å². The summed E-state index contributed by atoms with van der Waals surface area (Å²) in [6.45, 7) is 6.59. The van der Waals surface area contributed by atoms with Crippen LogP contribution in [0.1, 0.15) is 23.7 Å². The molecule has 194 valence electrons. The lowest BCUT2D eigenvalue weighted by molar-refractivity contribution is -0.112. The highest BCUT2D eigenvalue weighted by atomic mass is 16.5. The lowest BCUT2D eigenvalue weighted by Crippen LogP contribution is -2.37. The number of hydrogen-bond donors (Lipinski definition) is 2. The molecule has 9 heteroatoms. The van der Waals surface area contributed by atoms with Gasteiger partial charge in [-0.1, -0.05) is 30.8 Å². The molecule has 4 aromatic rings. The van der Waals surface area contributed by atoms with Gasteiger partial charge in [-0.25, -0.2) is 9.97 Å². The van der Waals surface area contributed by atoms with Crippen LogP contribution in [0.4, 0.5) is 11.5 Å². The summed E-state index contributed by atoms with van der Waals surface area (Å²) in [4.78, 5) is 35.6. The van der Waals surface area contributed by atoms with E-state index in [2.05, 4.69) is 21.9 Å². The number of carbonyl (C=O) groups excluding carboxylic acids is 2. The molecule has 0 aliphatic carbocycles. The third-order valence-corrected chi connectivity index (χ3v) is 6.99. The van der Waals surface area contributed by atoms with Gasteiger partial charge in [0.2, 0.25) is 0 Å². The van der Waals surface area contributed by atoms with Gasteiger partial charge in [0.1, 0.15) is 17.8 Å². The Labute approximate surface area is 220 Å². The zero-order valence-corrected chi connectivity index (χ0v) is 21.7. The molecule has 2 aromatic heterocycles. The van der Waals surface area contributed by atoms with E-state index < -0.39 is 0 Å². The lowest BCUT2D eigenvalue weighted by Gasteiger charge is -2.23. The number of fused-ring (bicyclic) bond motifs is 1. The first kappa shape index (κ1) is 25.2. The first-order valence-corrected chi connectivity index (χ1v) is 12.4. The number of nitrogen functional groups attached to an aromatic ring is 1. The minimum Gasteiger partial charge on any atom is -0.383 e. The third-order valence-electron chi connectivity index (χ3n) is 6.99. The van der Waals surface area contributed by atoms with E-state index in [1.54, 1.807) is 11.8 Å². The van der Waals surface area contributed by atoms with Crippen LogP contribution in [0, 0.1) is 0 Å². The van der Waals surface area contributed by atoms with Gasteiger partial charge >= 0.3 is 0 Å². The van der Waals surface area contributed by atoms with Crippen LogP contribution in [-0.4, -0.2) is 57.6 Å². The minimum atomic E-state index is -0.230. The van der Waals surface area contributed by atoms with Crippen molar-refractivity contribution in [3.63, 3.8) is 0 Å². The molecular formula is C29H30N6O3. The Morgan fingerprint density at radius 1 is 1.11 bits per heavy atom. The normalized spacial score (nSPS) is 15.0.